The lowest BCUT2D eigenvalue weighted by Crippen LogP contribution is -2.68. The second-order valence-electron chi connectivity index (χ2n) is 18.9. The standard InChI is InChI=1S/C22H32O3.C20H29FO3/c1-4-20(24)25-19-8-7-17-16-6-5-14-13-15(23)9-11-21(14,2)18(16)10-12-22(17,19)3;1-17-8-6-13(22)10-12(17)4-5-15-14-7-9-19(3,24)18(14,2)11-16(23)20(15,17)21/h13,16-19H,4-12H2,1-3H3;10,14-16,23-24H,4-9,11H2,1-3H3/t16-,17-,18-,19-,21-,22-;14-,15-,16-,17-,18-,19-,20-/m00/s1. The normalized spacial score (nSPS) is 51.3. The van der Waals surface area contributed by atoms with E-state index < -0.39 is 28.2 Å². The van der Waals surface area contributed by atoms with Crippen LogP contribution in [0.1, 0.15) is 144 Å². The van der Waals surface area contributed by atoms with Crippen molar-refractivity contribution in [1.82, 2.24) is 0 Å². The maximum Gasteiger partial charge on any atom is 0.305 e. The van der Waals surface area contributed by atoms with Gasteiger partial charge in [-0.15, -0.1) is 0 Å². The zero-order chi connectivity index (χ0) is 35.4. The van der Waals surface area contributed by atoms with E-state index in [2.05, 4.69) is 13.8 Å². The number of hydrogen-bond donors (Lipinski definition) is 2. The highest BCUT2D eigenvalue weighted by Gasteiger charge is 2.72. The quantitative estimate of drug-likeness (QED) is 0.286. The number of alkyl halides is 1. The van der Waals surface area contributed by atoms with Gasteiger partial charge in [-0.25, -0.2) is 4.39 Å². The maximum atomic E-state index is 16.6. The van der Waals surface area contributed by atoms with Gasteiger partial charge in [0, 0.05) is 41.4 Å². The van der Waals surface area contributed by atoms with Gasteiger partial charge in [0.15, 0.2) is 11.6 Å². The fraction of sp³-hybridized carbons (Fsp3) is 0.833. The second-order valence-corrected chi connectivity index (χ2v) is 18.9. The number of aliphatic hydroxyl groups excluding tert-OH is 1. The molecule has 0 unspecified atom stereocenters. The predicted octanol–water partition coefficient (Wildman–Crippen LogP) is 8.17. The third kappa shape index (κ3) is 5.00. The first-order valence-corrected chi connectivity index (χ1v) is 19.7. The molecule has 2 N–H and O–H groups in total. The lowest BCUT2D eigenvalue weighted by atomic mass is 9.44. The molecule has 0 bridgehead atoms. The van der Waals surface area contributed by atoms with Crippen LogP contribution >= 0.6 is 0 Å². The number of halogens is 1. The Balaban J connectivity index is 0.000000154. The van der Waals surface area contributed by atoms with Crippen LogP contribution in [0.2, 0.25) is 0 Å². The largest absolute Gasteiger partial charge is 0.462 e. The van der Waals surface area contributed by atoms with Crippen molar-refractivity contribution >= 4 is 17.5 Å². The molecule has 0 aromatic heterocycles. The van der Waals surface area contributed by atoms with E-state index in [9.17, 15) is 24.6 Å². The summed E-state index contributed by atoms with van der Waals surface area (Å²) in [5.74, 6) is 2.35. The monoisotopic (exact) mass is 680 g/mol. The number of carbonyl (C=O) groups excluding carboxylic acids is 3. The Morgan fingerprint density at radius 3 is 2.16 bits per heavy atom. The highest BCUT2D eigenvalue weighted by atomic mass is 19.1. The molecule has 7 heteroatoms. The van der Waals surface area contributed by atoms with Crippen molar-refractivity contribution < 1.29 is 33.7 Å². The van der Waals surface area contributed by atoms with Crippen LogP contribution in [0.4, 0.5) is 4.39 Å². The molecule has 6 nitrogen and oxygen atoms in total. The number of allylic oxidation sites excluding steroid dienone is 2. The van der Waals surface area contributed by atoms with E-state index in [1.165, 1.54) is 24.8 Å². The number of rotatable bonds is 2. The molecule has 0 spiro atoms. The third-order valence-corrected chi connectivity index (χ3v) is 17.0. The minimum absolute atomic E-state index is 0.0411. The molecular weight excluding hydrogens is 619 g/mol. The minimum atomic E-state index is -1.69. The molecular formula is C42H61FO6. The number of hydrogen-bond acceptors (Lipinski definition) is 6. The van der Waals surface area contributed by atoms with Crippen molar-refractivity contribution in [1.29, 1.82) is 0 Å². The summed E-state index contributed by atoms with van der Waals surface area (Å²) in [6.45, 7) is 12.5. The summed E-state index contributed by atoms with van der Waals surface area (Å²) in [5.41, 5.74) is -1.01. The molecule has 6 saturated carbocycles. The first-order valence-electron chi connectivity index (χ1n) is 19.7. The van der Waals surface area contributed by atoms with Crippen LogP contribution in [0, 0.1) is 51.2 Å². The molecule has 0 amide bonds. The van der Waals surface area contributed by atoms with E-state index in [0.717, 1.165) is 56.4 Å². The summed E-state index contributed by atoms with van der Waals surface area (Å²) in [5, 5.41) is 21.9. The van der Waals surface area contributed by atoms with Crippen molar-refractivity contribution in [2.24, 2.45) is 51.2 Å². The Bertz CT molecular complexity index is 1460. The van der Waals surface area contributed by atoms with E-state index in [1.807, 2.05) is 33.8 Å². The van der Waals surface area contributed by atoms with Gasteiger partial charge in [0.05, 0.1) is 11.7 Å². The maximum absolute atomic E-state index is 16.6. The molecule has 272 valence electrons. The summed E-state index contributed by atoms with van der Waals surface area (Å²) in [7, 11) is 0. The van der Waals surface area contributed by atoms with Crippen LogP contribution < -0.4 is 0 Å². The number of ether oxygens (including phenoxy) is 1. The summed E-state index contributed by atoms with van der Waals surface area (Å²) in [6, 6.07) is 0. The summed E-state index contributed by atoms with van der Waals surface area (Å²) >= 11 is 0. The molecule has 0 aromatic rings. The van der Waals surface area contributed by atoms with Crippen LogP contribution in [0.5, 0.6) is 0 Å². The number of fused-ring (bicyclic) bond motifs is 10. The van der Waals surface area contributed by atoms with Crippen LogP contribution in [0.25, 0.3) is 0 Å². The van der Waals surface area contributed by atoms with Crippen molar-refractivity contribution in [2.75, 3.05) is 0 Å². The van der Waals surface area contributed by atoms with Crippen molar-refractivity contribution in [3.63, 3.8) is 0 Å². The van der Waals surface area contributed by atoms with Crippen LogP contribution in [-0.2, 0) is 19.1 Å². The number of carbonyl (C=O) groups is 3. The molecule has 8 aliphatic carbocycles. The molecule has 6 fully saturated rings. The Kier molecular flexibility index (Phi) is 8.58. The Morgan fingerprint density at radius 2 is 1.45 bits per heavy atom. The topological polar surface area (TPSA) is 101 Å². The second kappa shape index (κ2) is 11.8. The molecule has 49 heavy (non-hydrogen) atoms. The zero-order valence-corrected chi connectivity index (χ0v) is 30.9. The summed E-state index contributed by atoms with van der Waals surface area (Å²) in [4.78, 5) is 35.6. The van der Waals surface area contributed by atoms with Gasteiger partial charge in [-0.05, 0) is 132 Å². The molecule has 0 aliphatic heterocycles. The van der Waals surface area contributed by atoms with Gasteiger partial charge in [-0.2, -0.15) is 0 Å². The fourth-order valence-corrected chi connectivity index (χ4v) is 13.7. The Labute approximate surface area is 293 Å². The molecule has 13 atom stereocenters. The fourth-order valence-electron chi connectivity index (χ4n) is 13.7. The number of esters is 1. The van der Waals surface area contributed by atoms with Gasteiger partial charge >= 0.3 is 5.97 Å². The Morgan fingerprint density at radius 1 is 0.796 bits per heavy atom. The summed E-state index contributed by atoms with van der Waals surface area (Å²) < 4.78 is 22.5. The van der Waals surface area contributed by atoms with Crippen molar-refractivity contribution in [2.45, 2.75) is 168 Å². The molecule has 8 rings (SSSR count). The van der Waals surface area contributed by atoms with Crippen LogP contribution in [0.15, 0.2) is 23.3 Å². The lowest BCUT2D eigenvalue weighted by Gasteiger charge is -2.63. The Hall–Kier alpha value is -1.86. The van der Waals surface area contributed by atoms with Gasteiger partial charge in [0.2, 0.25) is 0 Å². The lowest BCUT2D eigenvalue weighted by molar-refractivity contribution is -0.225. The van der Waals surface area contributed by atoms with E-state index in [1.54, 1.807) is 6.08 Å². The van der Waals surface area contributed by atoms with Gasteiger partial charge < -0.3 is 14.9 Å². The number of ketones is 2. The van der Waals surface area contributed by atoms with Crippen molar-refractivity contribution in [3.05, 3.63) is 23.3 Å². The SMILES string of the molecule is CCC(=O)O[C@H]1CC[C@H]2[C@@H]3CCC4=CC(=O)CC[C@]4(C)[C@H]3CC[C@]12C.C[C@]1(O)CC[C@H]2[C@@H]3CCC4=CC(=O)CC[C@]4(C)[C@@]3(F)[C@@H](O)C[C@@]21C. The van der Waals surface area contributed by atoms with Crippen LogP contribution in [0.3, 0.4) is 0 Å². The highest BCUT2D eigenvalue weighted by molar-refractivity contribution is 5.92. The summed E-state index contributed by atoms with van der Waals surface area (Å²) in [6.07, 6.45) is 15.9. The van der Waals surface area contributed by atoms with Gasteiger partial charge in [-0.1, -0.05) is 45.8 Å². The highest BCUT2D eigenvalue weighted by Crippen LogP contribution is 2.70. The van der Waals surface area contributed by atoms with E-state index in [-0.39, 0.29) is 40.5 Å². The zero-order valence-electron chi connectivity index (χ0n) is 30.9. The first-order chi connectivity index (χ1) is 22.9. The van der Waals surface area contributed by atoms with E-state index in [0.29, 0.717) is 56.1 Å². The average molecular weight is 681 g/mol. The van der Waals surface area contributed by atoms with Gasteiger partial charge in [0.25, 0.3) is 0 Å². The first kappa shape index (κ1) is 35.5. The molecule has 0 saturated heterocycles. The van der Waals surface area contributed by atoms with E-state index >= 15 is 4.39 Å². The van der Waals surface area contributed by atoms with Gasteiger partial charge in [-0.3, -0.25) is 14.4 Å². The molecule has 0 aromatic carbocycles. The third-order valence-electron chi connectivity index (χ3n) is 17.0. The molecule has 0 heterocycles. The molecule has 8 aliphatic rings. The van der Waals surface area contributed by atoms with Gasteiger partial charge in [0.1, 0.15) is 11.8 Å². The van der Waals surface area contributed by atoms with Crippen molar-refractivity contribution in [3.8, 4) is 0 Å². The van der Waals surface area contributed by atoms with Crippen LogP contribution in [-0.4, -0.2) is 51.2 Å². The predicted molar refractivity (Wildman–Crippen MR) is 186 cm³/mol. The smallest absolute Gasteiger partial charge is 0.305 e. The molecule has 0 radical (unpaired) electrons. The average Bonchev–Trinajstić information content (AvgIpc) is 3.50. The number of aliphatic hydroxyl groups is 2. The minimum Gasteiger partial charge on any atom is -0.462 e. The van der Waals surface area contributed by atoms with E-state index in [4.69, 9.17) is 4.74 Å².